The fourth-order valence-corrected chi connectivity index (χ4v) is 4.58. The van der Waals surface area contributed by atoms with Crippen molar-refractivity contribution in [2.24, 2.45) is 0 Å². The number of rotatable bonds is 5. The molecule has 0 radical (unpaired) electrons. The fraction of sp³-hybridized carbons (Fsp3) is 1.00. The van der Waals surface area contributed by atoms with Crippen molar-refractivity contribution in [1.29, 1.82) is 0 Å². The van der Waals surface area contributed by atoms with Gasteiger partial charge in [0.25, 0.3) is 0 Å². The molecule has 0 aromatic rings. The van der Waals surface area contributed by atoms with Crippen LogP contribution in [-0.4, -0.2) is 82.1 Å². The summed E-state index contributed by atoms with van der Waals surface area (Å²) in [4.78, 5) is 4.80. The molecule has 2 aliphatic rings. The SMILES string of the molecule is CN1CCN(CCNC2CCCC2S(C)(=O)=O)CC1. The fourth-order valence-electron chi connectivity index (χ4n) is 3.15. The first kappa shape index (κ1) is 15.2. The van der Waals surface area contributed by atoms with Crippen LogP contribution in [0.3, 0.4) is 0 Å². The van der Waals surface area contributed by atoms with E-state index in [9.17, 15) is 8.42 Å². The standard InChI is InChI=1S/C13H27N3O2S/c1-15-8-10-16(11-9-15)7-6-14-12-4-3-5-13(12)19(2,17)18/h12-14H,3-11H2,1-2H3. The van der Waals surface area contributed by atoms with Gasteiger partial charge in [0, 0.05) is 51.6 Å². The molecule has 1 aliphatic heterocycles. The van der Waals surface area contributed by atoms with E-state index in [0.29, 0.717) is 0 Å². The van der Waals surface area contributed by atoms with Crippen LogP contribution >= 0.6 is 0 Å². The van der Waals surface area contributed by atoms with Gasteiger partial charge in [-0.05, 0) is 19.9 Å². The van der Waals surface area contributed by atoms with Gasteiger partial charge < -0.3 is 10.2 Å². The molecule has 2 rings (SSSR count). The van der Waals surface area contributed by atoms with Crippen LogP contribution in [0, 0.1) is 0 Å². The Morgan fingerprint density at radius 2 is 1.84 bits per heavy atom. The quantitative estimate of drug-likeness (QED) is 0.759. The van der Waals surface area contributed by atoms with E-state index < -0.39 is 9.84 Å². The Balaban J connectivity index is 1.71. The van der Waals surface area contributed by atoms with Crippen molar-refractivity contribution < 1.29 is 8.42 Å². The molecule has 1 saturated heterocycles. The Labute approximate surface area is 117 Å². The molecule has 0 amide bonds. The second-order valence-electron chi connectivity index (χ2n) is 6.00. The molecule has 2 fully saturated rings. The van der Waals surface area contributed by atoms with E-state index >= 15 is 0 Å². The predicted molar refractivity (Wildman–Crippen MR) is 78.2 cm³/mol. The summed E-state index contributed by atoms with van der Waals surface area (Å²) in [6.07, 6.45) is 4.23. The van der Waals surface area contributed by atoms with Crippen molar-refractivity contribution in [3.05, 3.63) is 0 Å². The summed E-state index contributed by atoms with van der Waals surface area (Å²) >= 11 is 0. The second kappa shape index (κ2) is 6.52. The summed E-state index contributed by atoms with van der Waals surface area (Å²) in [6, 6.07) is 0.169. The third-order valence-corrected chi connectivity index (χ3v) is 6.10. The van der Waals surface area contributed by atoms with Gasteiger partial charge in [-0.25, -0.2) is 8.42 Å². The summed E-state index contributed by atoms with van der Waals surface area (Å²) in [7, 11) is -0.739. The first-order chi connectivity index (χ1) is 8.97. The van der Waals surface area contributed by atoms with Crippen molar-refractivity contribution in [1.82, 2.24) is 15.1 Å². The van der Waals surface area contributed by atoms with Crippen molar-refractivity contribution in [3.8, 4) is 0 Å². The Morgan fingerprint density at radius 1 is 1.16 bits per heavy atom. The van der Waals surface area contributed by atoms with Gasteiger partial charge in [-0.15, -0.1) is 0 Å². The van der Waals surface area contributed by atoms with Crippen molar-refractivity contribution in [2.75, 3.05) is 52.6 Å². The van der Waals surface area contributed by atoms with E-state index in [1.165, 1.54) is 6.26 Å². The van der Waals surface area contributed by atoms with Gasteiger partial charge >= 0.3 is 0 Å². The maximum atomic E-state index is 11.7. The topological polar surface area (TPSA) is 52.6 Å². The summed E-state index contributed by atoms with van der Waals surface area (Å²) < 4.78 is 23.4. The molecule has 1 aliphatic carbocycles. The molecule has 0 spiro atoms. The average molecular weight is 289 g/mol. The van der Waals surface area contributed by atoms with Crippen molar-refractivity contribution in [3.63, 3.8) is 0 Å². The Hall–Kier alpha value is -0.170. The molecule has 5 nitrogen and oxygen atoms in total. The molecule has 2 unspecified atom stereocenters. The van der Waals surface area contributed by atoms with Gasteiger partial charge in [0.15, 0.2) is 9.84 Å². The molecule has 1 heterocycles. The van der Waals surface area contributed by atoms with E-state index in [0.717, 1.165) is 58.5 Å². The first-order valence-corrected chi connectivity index (χ1v) is 9.25. The summed E-state index contributed by atoms with van der Waals surface area (Å²) in [5.41, 5.74) is 0. The van der Waals surface area contributed by atoms with E-state index in [-0.39, 0.29) is 11.3 Å². The van der Waals surface area contributed by atoms with Gasteiger partial charge in [0.1, 0.15) is 0 Å². The highest BCUT2D eigenvalue weighted by Crippen LogP contribution is 2.24. The minimum absolute atomic E-state index is 0.167. The lowest BCUT2D eigenvalue weighted by Gasteiger charge is -2.32. The molecule has 1 saturated carbocycles. The van der Waals surface area contributed by atoms with E-state index in [2.05, 4.69) is 22.2 Å². The molecule has 2 atom stereocenters. The first-order valence-electron chi connectivity index (χ1n) is 7.30. The van der Waals surface area contributed by atoms with E-state index in [1.54, 1.807) is 0 Å². The molecule has 19 heavy (non-hydrogen) atoms. The lowest BCUT2D eigenvalue weighted by molar-refractivity contribution is 0.153. The van der Waals surface area contributed by atoms with Crippen LogP contribution in [0.5, 0.6) is 0 Å². The maximum absolute atomic E-state index is 11.7. The lowest BCUT2D eigenvalue weighted by Crippen LogP contribution is -2.48. The monoisotopic (exact) mass is 289 g/mol. The van der Waals surface area contributed by atoms with Crippen LogP contribution in [0.1, 0.15) is 19.3 Å². The zero-order chi connectivity index (χ0) is 13.9. The van der Waals surface area contributed by atoms with Gasteiger partial charge in [0.05, 0.1) is 5.25 Å². The maximum Gasteiger partial charge on any atom is 0.151 e. The number of nitrogens with zero attached hydrogens (tertiary/aromatic N) is 2. The van der Waals surface area contributed by atoms with Crippen molar-refractivity contribution in [2.45, 2.75) is 30.6 Å². The highest BCUT2D eigenvalue weighted by Gasteiger charge is 2.34. The molecular weight excluding hydrogens is 262 g/mol. The van der Waals surface area contributed by atoms with Gasteiger partial charge in [-0.1, -0.05) is 6.42 Å². The third-order valence-electron chi connectivity index (χ3n) is 4.43. The summed E-state index contributed by atoms with van der Waals surface area (Å²) in [6.45, 7) is 6.45. The molecule has 1 N–H and O–H groups in total. The van der Waals surface area contributed by atoms with Crippen molar-refractivity contribution >= 4 is 9.84 Å². The Bertz CT molecular complexity index is 377. The molecule has 0 bridgehead atoms. The van der Waals surface area contributed by atoms with E-state index in [1.807, 2.05) is 0 Å². The van der Waals surface area contributed by atoms with Crippen LogP contribution in [0.4, 0.5) is 0 Å². The zero-order valence-electron chi connectivity index (χ0n) is 12.1. The Morgan fingerprint density at radius 3 is 2.47 bits per heavy atom. The average Bonchev–Trinajstić information content (AvgIpc) is 2.80. The minimum Gasteiger partial charge on any atom is -0.311 e. The predicted octanol–water partition coefficient (Wildman–Crippen LogP) is -0.211. The molecule has 0 aromatic carbocycles. The molecular formula is C13H27N3O2S. The van der Waals surface area contributed by atoms with Crippen LogP contribution in [0.15, 0.2) is 0 Å². The molecule has 112 valence electrons. The Kier molecular flexibility index (Phi) is 5.22. The number of likely N-dealkylation sites (N-methyl/N-ethyl adjacent to an activating group) is 1. The van der Waals surface area contributed by atoms with E-state index in [4.69, 9.17) is 0 Å². The molecule has 6 heteroatoms. The largest absolute Gasteiger partial charge is 0.311 e. The molecule has 0 aromatic heterocycles. The number of hydrogen-bond acceptors (Lipinski definition) is 5. The van der Waals surface area contributed by atoms with Gasteiger partial charge in [0.2, 0.25) is 0 Å². The number of hydrogen-bond donors (Lipinski definition) is 1. The van der Waals surface area contributed by atoms with Crippen LogP contribution in [-0.2, 0) is 9.84 Å². The normalized spacial score (nSPS) is 30.8. The number of piperazine rings is 1. The van der Waals surface area contributed by atoms with Crippen LogP contribution in [0.25, 0.3) is 0 Å². The minimum atomic E-state index is -2.90. The second-order valence-corrected chi connectivity index (χ2v) is 8.27. The van der Waals surface area contributed by atoms with Crippen LogP contribution in [0.2, 0.25) is 0 Å². The van der Waals surface area contributed by atoms with Crippen LogP contribution < -0.4 is 5.32 Å². The lowest BCUT2D eigenvalue weighted by atomic mass is 10.2. The summed E-state index contributed by atoms with van der Waals surface area (Å²) in [5.74, 6) is 0. The van der Waals surface area contributed by atoms with Gasteiger partial charge in [-0.3, -0.25) is 4.90 Å². The highest BCUT2D eigenvalue weighted by molar-refractivity contribution is 7.91. The smallest absolute Gasteiger partial charge is 0.151 e. The highest BCUT2D eigenvalue weighted by atomic mass is 32.2. The number of sulfone groups is 1. The zero-order valence-corrected chi connectivity index (χ0v) is 13.0. The third kappa shape index (κ3) is 4.41. The summed E-state index contributed by atoms with van der Waals surface area (Å²) in [5, 5.41) is 3.30. The number of nitrogens with one attached hydrogen (secondary N) is 1. The van der Waals surface area contributed by atoms with Gasteiger partial charge in [-0.2, -0.15) is 0 Å².